The van der Waals surface area contributed by atoms with Crippen molar-refractivity contribution in [1.29, 1.82) is 0 Å². The molecule has 2 aromatic rings. The van der Waals surface area contributed by atoms with Crippen LogP contribution in [0.1, 0.15) is 90.2 Å². The van der Waals surface area contributed by atoms with E-state index in [2.05, 4.69) is 52.8 Å². The first-order chi connectivity index (χ1) is 17.6. The van der Waals surface area contributed by atoms with Gasteiger partial charge in [-0.25, -0.2) is 4.39 Å². The molecular formula is C33H47FO3. The van der Waals surface area contributed by atoms with Crippen molar-refractivity contribution in [3.8, 4) is 11.5 Å². The van der Waals surface area contributed by atoms with Crippen molar-refractivity contribution < 1.29 is 19.0 Å². The highest BCUT2D eigenvalue weighted by Gasteiger charge is 2.56. The number of aliphatic hydroxyl groups is 1. The number of methoxy groups -OCH3 is 2. The van der Waals surface area contributed by atoms with Crippen LogP contribution in [0.4, 0.5) is 4.39 Å². The summed E-state index contributed by atoms with van der Waals surface area (Å²) in [7, 11) is 3.54. The minimum Gasteiger partial charge on any atom is -0.496 e. The van der Waals surface area contributed by atoms with Gasteiger partial charge in [-0.05, 0) is 70.9 Å². The smallest absolute Gasteiger partial charge is 0.126 e. The molecule has 3 aliphatic rings. The molecule has 4 heteroatoms. The third-order valence-corrected chi connectivity index (χ3v) is 8.85. The van der Waals surface area contributed by atoms with E-state index in [1.807, 2.05) is 0 Å². The molecule has 1 N–H and O–H groups in total. The quantitative estimate of drug-likeness (QED) is 0.257. The van der Waals surface area contributed by atoms with Gasteiger partial charge in [-0.1, -0.05) is 84.6 Å². The zero-order valence-electron chi connectivity index (χ0n) is 23.9. The largest absolute Gasteiger partial charge is 0.496 e. The minimum absolute atomic E-state index is 0.0757. The molecule has 1 saturated carbocycles. The topological polar surface area (TPSA) is 38.7 Å². The summed E-state index contributed by atoms with van der Waals surface area (Å²) in [5.41, 5.74) is 3.88. The number of ether oxygens (including phenoxy) is 2. The SMILES string of the molecule is CCCCCCC(C)(C)c1cc(OC)c([C@H]2C=C(CO)C3C[C@@H]2C3(C)C)c(OC)c1.Fc1ccccc1. The maximum Gasteiger partial charge on any atom is 0.126 e. The summed E-state index contributed by atoms with van der Waals surface area (Å²) < 4.78 is 23.8. The molecule has 1 unspecified atom stereocenters. The lowest BCUT2D eigenvalue weighted by molar-refractivity contribution is -0.0260. The van der Waals surface area contributed by atoms with Gasteiger partial charge in [0, 0.05) is 11.5 Å². The maximum atomic E-state index is 11.9. The minimum atomic E-state index is -0.178. The Balaban J connectivity index is 0.000000468. The van der Waals surface area contributed by atoms with Crippen molar-refractivity contribution >= 4 is 0 Å². The van der Waals surface area contributed by atoms with E-state index in [1.165, 1.54) is 49.0 Å². The van der Waals surface area contributed by atoms with E-state index in [-0.39, 0.29) is 29.2 Å². The van der Waals surface area contributed by atoms with Crippen molar-refractivity contribution in [3.63, 3.8) is 0 Å². The van der Waals surface area contributed by atoms with E-state index in [0.29, 0.717) is 11.8 Å². The average Bonchev–Trinajstić information content (AvgIpc) is 2.90. The predicted molar refractivity (Wildman–Crippen MR) is 151 cm³/mol. The van der Waals surface area contributed by atoms with Crippen molar-refractivity contribution in [2.75, 3.05) is 20.8 Å². The van der Waals surface area contributed by atoms with Crippen molar-refractivity contribution in [2.45, 2.75) is 84.5 Å². The first-order valence-corrected chi connectivity index (χ1v) is 13.9. The molecule has 3 nitrogen and oxygen atoms in total. The van der Waals surface area contributed by atoms with E-state index in [1.54, 1.807) is 32.4 Å². The summed E-state index contributed by atoms with van der Waals surface area (Å²) in [5.74, 6) is 2.94. The van der Waals surface area contributed by atoms with Crippen LogP contribution in [0.25, 0.3) is 0 Å². The van der Waals surface area contributed by atoms with Crippen molar-refractivity contribution in [2.24, 2.45) is 17.3 Å². The number of hydrogen-bond acceptors (Lipinski definition) is 3. The Bertz CT molecular complexity index is 1020. The maximum absolute atomic E-state index is 11.9. The Morgan fingerprint density at radius 3 is 2.08 bits per heavy atom. The summed E-state index contributed by atoms with van der Waals surface area (Å²) in [6, 6.07) is 12.4. The molecule has 204 valence electrons. The van der Waals surface area contributed by atoms with Crippen LogP contribution in [0.3, 0.4) is 0 Å². The number of unbranched alkanes of at least 4 members (excludes halogenated alkanes) is 3. The molecule has 3 atom stereocenters. The molecule has 0 saturated heterocycles. The highest BCUT2D eigenvalue weighted by atomic mass is 19.1. The molecule has 0 heterocycles. The highest BCUT2D eigenvalue weighted by molar-refractivity contribution is 5.55. The van der Waals surface area contributed by atoms with Crippen molar-refractivity contribution in [1.82, 2.24) is 0 Å². The lowest BCUT2D eigenvalue weighted by Crippen LogP contribution is -2.51. The van der Waals surface area contributed by atoms with Gasteiger partial charge >= 0.3 is 0 Å². The number of aliphatic hydroxyl groups excluding tert-OH is 1. The molecule has 3 aliphatic carbocycles. The molecule has 0 spiro atoms. The monoisotopic (exact) mass is 510 g/mol. The fraction of sp³-hybridized carbons (Fsp3) is 0.576. The molecule has 37 heavy (non-hydrogen) atoms. The summed E-state index contributed by atoms with van der Waals surface area (Å²) in [4.78, 5) is 0. The first kappa shape index (κ1) is 29.2. The molecule has 5 rings (SSSR count). The van der Waals surface area contributed by atoms with Gasteiger partial charge in [0.05, 0.1) is 20.8 Å². The normalized spacial score (nSPS) is 21.8. The molecule has 1 fully saturated rings. The zero-order valence-corrected chi connectivity index (χ0v) is 23.9. The van der Waals surface area contributed by atoms with Gasteiger partial charge in [0.2, 0.25) is 0 Å². The van der Waals surface area contributed by atoms with Crippen LogP contribution in [-0.2, 0) is 5.41 Å². The molecule has 0 aliphatic heterocycles. The standard InChI is InChI=1S/C27H42O3.C6H5F/c1-8-9-10-11-12-26(2,3)19-14-23(29-6)25(24(15-19)30-7)20-13-18(17-28)21-16-22(20)27(21,4)5;7-6-4-2-1-3-5-6/h13-15,20-22,28H,8-12,16-17H2,1-7H3;1-5H/t20-,21?,22-;/m0./s1. The zero-order chi connectivity index (χ0) is 27.2. The van der Waals surface area contributed by atoms with Gasteiger partial charge in [0.15, 0.2) is 0 Å². The number of fused-ring (bicyclic) bond motifs is 1. The van der Waals surface area contributed by atoms with Crippen LogP contribution in [0.2, 0.25) is 0 Å². The van der Waals surface area contributed by atoms with E-state index in [4.69, 9.17) is 9.47 Å². The third kappa shape index (κ3) is 6.39. The number of halogens is 1. The van der Waals surface area contributed by atoms with Gasteiger partial charge in [0.25, 0.3) is 0 Å². The van der Waals surface area contributed by atoms with Crippen LogP contribution < -0.4 is 9.47 Å². The fourth-order valence-corrected chi connectivity index (χ4v) is 6.32. The number of hydrogen-bond donors (Lipinski definition) is 1. The van der Waals surface area contributed by atoms with Gasteiger partial charge in [-0.15, -0.1) is 0 Å². The second-order valence-electron chi connectivity index (χ2n) is 11.9. The van der Waals surface area contributed by atoms with Gasteiger partial charge in [-0.3, -0.25) is 0 Å². The fourth-order valence-electron chi connectivity index (χ4n) is 6.32. The Kier molecular flexibility index (Phi) is 9.86. The van der Waals surface area contributed by atoms with Crippen LogP contribution in [0, 0.1) is 23.1 Å². The van der Waals surface area contributed by atoms with Gasteiger partial charge < -0.3 is 14.6 Å². The van der Waals surface area contributed by atoms with Crippen LogP contribution in [0.5, 0.6) is 11.5 Å². The first-order valence-electron chi connectivity index (χ1n) is 13.9. The molecule has 0 radical (unpaired) electrons. The number of benzene rings is 2. The second-order valence-corrected chi connectivity index (χ2v) is 11.9. The molecule has 2 aromatic carbocycles. The van der Waals surface area contributed by atoms with E-state index in [9.17, 15) is 9.50 Å². The van der Waals surface area contributed by atoms with Crippen LogP contribution in [0.15, 0.2) is 54.1 Å². The summed E-state index contributed by atoms with van der Waals surface area (Å²) in [6.45, 7) is 11.7. The number of allylic oxidation sites excluding steroid dienone is 1. The van der Waals surface area contributed by atoms with Gasteiger partial charge in [0.1, 0.15) is 17.3 Å². The summed E-state index contributed by atoms with van der Waals surface area (Å²) >= 11 is 0. The van der Waals surface area contributed by atoms with Gasteiger partial charge in [-0.2, -0.15) is 0 Å². The Labute approximate surface area is 224 Å². The average molecular weight is 511 g/mol. The van der Waals surface area contributed by atoms with E-state index < -0.39 is 0 Å². The van der Waals surface area contributed by atoms with Crippen LogP contribution in [-0.4, -0.2) is 25.9 Å². The third-order valence-electron chi connectivity index (χ3n) is 8.85. The van der Waals surface area contributed by atoms with Crippen LogP contribution >= 0.6 is 0 Å². The molecular weight excluding hydrogens is 463 g/mol. The second kappa shape index (κ2) is 12.5. The lowest BCUT2D eigenvalue weighted by Gasteiger charge is -2.59. The molecule has 0 aromatic heterocycles. The molecule has 2 bridgehead atoms. The van der Waals surface area contributed by atoms with E-state index in [0.717, 1.165) is 29.9 Å². The lowest BCUT2D eigenvalue weighted by atomic mass is 9.45. The summed E-state index contributed by atoms with van der Waals surface area (Å²) in [6.07, 6.45) is 9.70. The molecule has 0 amide bonds. The number of rotatable bonds is 10. The summed E-state index contributed by atoms with van der Waals surface area (Å²) in [5, 5.41) is 9.98. The Morgan fingerprint density at radius 2 is 1.62 bits per heavy atom. The van der Waals surface area contributed by atoms with Crippen molar-refractivity contribution in [3.05, 3.63) is 71.1 Å². The predicted octanol–water partition coefficient (Wildman–Crippen LogP) is 8.46. The highest BCUT2D eigenvalue weighted by Crippen LogP contribution is 2.65. The Hall–Kier alpha value is -2.33. The Morgan fingerprint density at radius 1 is 1.00 bits per heavy atom. The van der Waals surface area contributed by atoms with E-state index >= 15 is 0 Å².